The summed E-state index contributed by atoms with van der Waals surface area (Å²) in [4.78, 5) is 0. The van der Waals surface area contributed by atoms with Crippen LogP contribution in [0, 0.1) is 5.82 Å². The van der Waals surface area contributed by atoms with Crippen molar-refractivity contribution in [3.05, 3.63) is 30.1 Å². The van der Waals surface area contributed by atoms with Crippen molar-refractivity contribution >= 4 is 18.3 Å². The molecule has 66 valence electrons. The van der Waals surface area contributed by atoms with Crippen molar-refractivity contribution in [3.8, 4) is 0 Å². The van der Waals surface area contributed by atoms with E-state index in [0.717, 1.165) is 18.7 Å². The van der Waals surface area contributed by atoms with Crippen LogP contribution in [-0.2, 0) is 0 Å². The van der Waals surface area contributed by atoms with Crippen molar-refractivity contribution in [1.82, 2.24) is 0 Å². The summed E-state index contributed by atoms with van der Waals surface area (Å²) in [6, 6.07) is 6.67. The minimum Gasteiger partial charge on any atom is -0.383 e. The molecule has 0 atom stereocenters. The van der Waals surface area contributed by atoms with Gasteiger partial charge in [-0.15, -0.1) is 0 Å². The number of halogens is 1. The summed E-state index contributed by atoms with van der Waals surface area (Å²) in [6.07, 6.45) is 0.942. The van der Waals surface area contributed by atoms with Crippen LogP contribution in [0.4, 0.5) is 10.1 Å². The molecule has 1 rings (SSSR count). The Bertz CT molecular complexity index is 240. The van der Waals surface area contributed by atoms with Crippen LogP contribution in [0.3, 0.4) is 0 Å². The summed E-state index contributed by atoms with van der Waals surface area (Å²) in [7, 11) is 0. The number of anilines is 1. The standard InChI is InChI=1S/C9H12FNS/c10-8-4-1-2-5-9(8)11-6-3-7-12/h1-2,4-5,11-12H,3,6-7H2. The number of nitrogens with one attached hydrogen (secondary N) is 1. The van der Waals surface area contributed by atoms with E-state index in [1.54, 1.807) is 12.1 Å². The van der Waals surface area contributed by atoms with Crippen LogP contribution in [0.1, 0.15) is 6.42 Å². The van der Waals surface area contributed by atoms with E-state index >= 15 is 0 Å². The third-order valence-electron chi connectivity index (χ3n) is 1.52. The van der Waals surface area contributed by atoms with E-state index in [1.807, 2.05) is 6.07 Å². The lowest BCUT2D eigenvalue weighted by Gasteiger charge is -2.05. The average molecular weight is 185 g/mol. The molecule has 0 aliphatic carbocycles. The van der Waals surface area contributed by atoms with Gasteiger partial charge in [0.05, 0.1) is 5.69 Å². The molecule has 3 heteroatoms. The molecule has 0 aliphatic heterocycles. The summed E-state index contributed by atoms with van der Waals surface area (Å²) in [6.45, 7) is 0.768. The van der Waals surface area contributed by atoms with Gasteiger partial charge in [0.25, 0.3) is 0 Å². The molecule has 0 aromatic heterocycles. The van der Waals surface area contributed by atoms with Gasteiger partial charge in [0.1, 0.15) is 5.82 Å². The highest BCUT2D eigenvalue weighted by Gasteiger charge is 1.96. The first-order valence-corrected chi connectivity index (χ1v) is 4.57. The molecule has 1 aromatic rings. The summed E-state index contributed by atoms with van der Waals surface area (Å²) in [5, 5.41) is 2.99. The first kappa shape index (κ1) is 9.39. The molecule has 0 heterocycles. The normalized spacial score (nSPS) is 9.83. The number of hydrogen-bond donors (Lipinski definition) is 2. The highest BCUT2D eigenvalue weighted by molar-refractivity contribution is 7.80. The van der Waals surface area contributed by atoms with E-state index in [4.69, 9.17) is 0 Å². The van der Waals surface area contributed by atoms with Crippen LogP contribution < -0.4 is 5.32 Å². The number of hydrogen-bond acceptors (Lipinski definition) is 2. The summed E-state index contributed by atoms with van der Waals surface area (Å²) >= 11 is 4.06. The van der Waals surface area contributed by atoms with Crippen LogP contribution in [0.25, 0.3) is 0 Å². The van der Waals surface area contributed by atoms with Gasteiger partial charge in [-0.25, -0.2) is 4.39 Å². The van der Waals surface area contributed by atoms with Crippen LogP contribution in [-0.4, -0.2) is 12.3 Å². The number of thiol groups is 1. The Labute approximate surface area is 77.4 Å². The Hall–Kier alpha value is -0.700. The van der Waals surface area contributed by atoms with E-state index in [9.17, 15) is 4.39 Å². The highest BCUT2D eigenvalue weighted by atomic mass is 32.1. The largest absolute Gasteiger partial charge is 0.383 e. The monoisotopic (exact) mass is 185 g/mol. The van der Waals surface area contributed by atoms with Crippen molar-refractivity contribution in [2.45, 2.75) is 6.42 Å². The molecule has 0 unspecified atom stereocenters. The predicted octanol–water partition coefficient (Wildman–Crippen LogP) is 2.56. The van der Waals surface area contributed by atoms with Gasteiger partial charge in [-0.05, 0) is 24.3 Å². The Morgan fingerprint density at radius 2 is 2.08 bits per heavy atom. The molecule has 1 N–H and O–H groups in total. The molecule has 0 aliphatic rings. The third kappa shape index (κ3) is 2.74. The predicted molar refractivity (Wildman–Crippen MR) is 53.4 cm³/mol. The zero-order chi connectivity index (χ0) is 8.81. The van der Waals surface area contributed by atoms with Crippen molar-refractivity contribution in [2.75, 3.05) is 17.6 Å². The Kier molecular flexibility index (Phi) is 3.94. The molecule has 0 saturated heterocycles. The zero-order valence-corrected chi connectivity index (χ0v) is 7.65. The van der Waals surface area contributed by atoms with E-state index in [0.29, 0.717) is 5.69 Å². The van der Waals surface area contributed by atoms with Gasteiger partial charge in [-0.3, -0.25) is 0 Å². The first-order chi connectivity index (χ1) is 5.84. The maximum Gasteiger partial charge on any atom is 0.146 e. The molecule has 1 nitrogen and oxygen atoms in total. The summed E-state index contributed by atoms with van der Waals surface area (Å²) in [5.74, 6) is 0.623. The summed E-state index contributed by atoms with van der Waals surface area (Å²) < 4.78 is 12.9. The smallest absolute Gasteiger partial charge is 0.146 e. The van der Waals surface area contributed by atoms with Crippen LogP contribution in [0.5, 0.6) is 0 Å². The van der Waals surface area contributed by atoms with Gasteiger partial charge < -0.3 is 5.32 Å². The second-order valence-electron chi connectivity index (χ2n) is 2.48. The van der Waals surface area contributed by atoms with Gasteiger partial charge in [0.15, 0.2) is 0 Å². The SMILES string of the molecule is Fc1ccccc1NCCCS. The van der Waals surface area contributed by atoms with Crippen LogP contribution in [0.2, 0.25) is 0 Å². The van der Waals surface area contributed by atoms with Crippen molar-refractivity contribution in [1.29, 1.82) is 0 Å². The fourth-order valence-electron chi connectivity index (χ4n) is 0.907. The van der Waals surface area contributed by atoms with Crippen molar-refractivity contribution < 1.29 is 4.39 Å². The Morgan fingerprint density at radius 3 is 2.75 bits per heavy atom. The lowest BCUT2D eigenvalue weighted by atomic mass is 10.3. The van der Waals surface area contributed by atoms with Gasteiger partial charge in [0, 0.05) is 6.54 Å². The minimum atomic E-state index is -0.198. The second-order valence-corrected chi connectivity index (χ2v) is 2.93. The fourth-order valence-corrected chi connectivity index (χ4v) is 1.06. The lowest BCUT2D eigenvalue weighted by Crippen LogP contribution is -2.03. The zero-order valence-electron chi connectivity index (χ0n) is 6.76. The average Bonchev–Trinajstić information content (AvgIpc) is 2.09. The molecule has 0 saturated carbocycles. The molecule has 1 aromatic carbocycles. The molecule has 0 amide bonds. The summed E-state index contributed by atoms with van der Waals surface area (Å²) in [5.41, 5.74) is 0.569. The fraction of sp³-hybridized carbons (Fsp3) is 0.333. The molecule has 0 radical (unpaired) electrons. The number of para-hydroxylation sites is 1. The molecule has 12 heavy (non-hydrogen) atoms. The van der Waals surface area contributed by atoms with Gasteiger partial charge in [-0.2, -0.15) is 12.6 Å². The molecule has 0 bridgehead atoms. The Morgan fingerprint density at radius 1 is 1.33 bits per heavy atom. The number of benzene rings is 1. The topological polar surface area (TPSA) is 12.0 Å². The van der Waals surface area contributed by atoms with Gasteiger partial charge in [0.2, 0.25) is 0 Å². The molecule has 0 spiro atoms. The van der Waals surface area contributed by atoms with E-state index < -0.39 is 0 Å². The first-order valence-electron chi connectivity index (χ1n) is 3.94. The third-order valence-corrected chi connectivity index (χ3v) is 1.84. The molecule has 0 fully saturated rings. The quantitative estimate of drug-likeness (QED) is 0.542. The number of rotatable bonds is 4. The van der Waals surface area contributed by atoms with Gasteiger partial charge in [-0.1, -0.05) is 12.1 Å². The highest BCUT2D eigenvalue weighted by Crippen LogP contribution is 2.11. The lowest BCUT2D eigenvalue weighted by molar-refractivity contribution is 0.630. The van der Waals surface area contributed by atoms with Crippen molar-refractivity contribution in [2.24, 2.45) is 0 Å². The Balaban J connectivity index is 2.46. The second kappa shape index (κ2) is 5.04. The molecular formula is C9H12FNS. The minimum absolute atomic E-state index is 0.198. The van der Waals surface area contributed by atoms with Crippen molar-refractivity contribution in [3.63, 3.8) is 0 Å². The maximum absolute atomic E-state index is 12.9. The van der Waals surface area contributed by atoms with Crippen LogP contribution >= 0.6 is 12.6 Å². The van der Waals surface area contributed by atoms with Crippen LogP contribution in [0.15, 0.2) is 24.3 Å². The molecular weight excluding hydrogens is 173 g/mol. The van der Waals surface area contributed by atoms with E-state index in [2.05, 4.69) is 17.9 Å². The maximum atomic E-state index is 12.9. The van der Waals surface area contributed by atoms with E-state index in [1.165, 1.54) is 6.07 Å². The van der Waals surface area contributed by atoms with E-state index in [-0.39, 0.29) is 5.82 Å². The van der Waals surface area contributed by atoms with Gasteiger partial charge >= 0.3 is 0 Å².